The van der Waals surface area contributed by atoms with E-state index in [1.54, 1.807) is 7.11 Å². The van der Waals surface area contributed by atoms with Gasteiger partial charge in [-0.3, -0.25) is 0 Å². The summed E-state index contributed by atoms with van der Waals surface area (Å²) in [6, 6.07) is 44.9. The Morgan fingerprint density at radius 3 is 1.50 bits per heavy atom. The van der Waals surface area contributed by atoms with Gasteiger partial charge in [-0.1, -0.05) is 109 Å². The molecule has 5 aromatic rings. The van der Waals surface area contributed by atoms with Crippen LogP contribution in [0.3, 0.4) is 0 Å². The molecular weight excluding hydrogens is 388 g/mol. The summed E-state index contributed by atoms with van der Waals surface area (Å²) in [6.45, 7) is 0. The second-order valence-electron chi connectivity index (χ2n) is 7.77. The highest BCUT2D eigenvalue weighted by molar-refractivity contribution is 6.05. The Hall–Kier alpha value is -4.10. The molecule has 0 heterocycles. The van der Waals surface area contributed by atoms with Gasteiger partial charge in [0.1, 0.15) is 5.75 Å². The van der Waals surface area contributed by atoms with Crippen molar-refractivity contribution in [3.8, 4) is 5.75 Å². The Bertz CT molecular complexity index is 1360. The molecule has 0 radical (unpaired) electrons. The second kappa shape index (κ2) is 8.95. The highest BCUT2D eigenvalue weighted by Gasteiger charge is 2.16. The van der Waals surface area contributed by atoms with Gasteiger partial charge < -0.3 is 4.74 Å². The minimum Gasteiger partial charge on any atom is -0.497 e. The van der Waals surface area contributed by atoms with Gasteiger partial charge in [0.15, 0.2) is 0 Å². The van der Waals surface area contributed by atoms with E-state index in [0.717, 1.165) is 11.3 Å². The summed E-state index contributed by atoms with van der Waals surface area (Å²) in [7, 11) is 1.70. The standard InChI is InChI=1S/C31H24O/c1-32-29-20-18-26(19-21-29)30(24-11-4-2-5-12-24)31(25-13-6-3-7-14-25)28-17-16-23-10-8-9-15-27(23)22-28/h2-22H,1H3/b31-30-. The van der Waals surface area contributed by atoms with Gasteiger partial charge in [0.25, 0.3) is 0 Å². The molecule has 0 saturated heterocycles. The predicted molar refractivity (Wildman–Crippen MR) is 135 cm³/mol. The zero-order valence-corrected chi connectivity index (χ0v) is 18.0. The average Bonchev–Trinajstić information content (AvgIpc) is 2.88. The van der Waals surface area contributed by atoms with Crippen LogP contribution >= 0.6 is 0 Å². The van der Waals surface area contributed by atoms with Gasteiger partial charge in [-0.05, 0) is 62.4 Å². The smallest absolute Gasteiger partial charge is 0.118 e. The van der Waals surface area contributed by atoms with Gasteiger partial charge in [-0.15, -0.1) is 0 Å². The fourth-order valence-corrected chi connectivity index (χ4v) is 4.22. The molecule has 0 spiro atoms. The van der Waals surface area contributed by atoms with Crippen LogP contribution in [0.15, 0.2) is 127 Å². The Kier molecular flexibility index (Phi) is 5.55. The molecule has 0 atom stereocenters. The number of hydrogen-bond donors (Lipinski definition) is 0. The summed E-state index contributed by atoms with van der Waals surface area (Å²) in [5.41, 5.74) is 7.15. The monoisotopic (exact) mass is 412 g/mol. The van der Waals surface area contributed by atoms with Crippen LogP contribution in [0, 0.1) is 0 Å². The van der Waals surface area contributed by atoms with Gasteiger partial charge >= 0.3 is 0 Å². The number of ether oxygens (including phenoxy) is 1. The Morgan fingerprint density at radius 2 is 0.906 bits per heavy atom. The molecule has 0 bridgehead atoms. The summed E-state index contributed by atoms with van der Waals surface area (Å²) in [5, 5.41) is 2.48. The molecule has 32 heavy (non-hydrogen) atoms. The van der Waals surface area contributed by atoms with Crippen molar-refractivity contribution in [3.63, 3.8) is 0 Å². The largest absolute Gasteiger partial charge is 0.497 e. The van der Waals surface area contributed by atoms with E-state index in [9.17, 15) is 0 Å². The molecule has 0 aliphatic carbocycles. The van der Waals surface area contributed by atoms with Crippen LogP contribution in [0.4, 0.5) is 0 Å². The fourth-order valence-electron chi connectivity index (χ4n) is 4.22. The van der Waals surface area contributed by atoms with Crippen LogP contribution in [0.1, 0.15) is 22.3 Å². The lowest BCUT2D eigenvalue weighted by Gasteiger charge is -2.19. The molecule has 0 aliphatic rings. The van der Waals surface area contributed by atoms with Crippen LogP contribution in [0.25, 0.3) is 21.9 Å². The minimum atomic E-state index is 0.855. The zero-order chi connectivity index (χ0) is 21.8. The lowest BCUT2D eigenvalue weighted by molar-refractivity contribution is 0.415. The van der Waals surface area contributed by atoms with Gasteiger partial charge in [-0.25, -0.2) is 0 Å². The lowest BCUT2D eigenvalue weighted by Crippen LogP contribution is -1.98. The third-order valence-corrected chi connectivity index (χ3v) is 5.79. The second-order valence-corrected chi connectivity index (χ2v) is 7.77. The van der Waals surface area contributed by atoms with E-state index in [2.05, 4.69) is 115 Å². The highest BCUT2D eigenvalue weighted by Crippen LogP contribution is 2.38. The maximum Gasteiger partial charge on any atom is 0.118 e. The molecule has 0 saturated carbocycles. The van der Waals surface area contributed by atoms with E-state index in [1.807, 2.05) is 12.1 Å². The van der Waals surface area contributed by atoms with Crippen molar-refractivity contribution in [3.05, 3.63) is 150 Å². The van der Waals surface area contributed by atoms with Crippen LogP contribution in [0.5, 0.6) is 5.75 Å². The van der Waals surface area contributed by atoms with E-state index in [0.29, 0.717) is 0 Å². The van der Waals surface area contributed by atoms with Crippen LogP contribution in [-0.4, -0.2) is 7.11 Å². The Labute approximate surface area is 189 Å². The van der Waals surface area contributed by atoms with E-state index < -0.39 is 0 Å². The van der Waals surface area contributed by atoms with Crippen molar-refractivity contribution in [2.75, 3.05) is 7.11 Å². The van der Waals surface area contributed by atoms with Gasteiger partial charge in [-0.2, -0.15) is 0 Å². The number of rotatable bonds is 5. The summed E-state index contributed by atoms with van der Waals surface area (Å²) in [4.78, 5) is 0. The highest BCUT2D eigenvalue weighted by atomic mass is 16.5. The van der Waals surface area contributed by atoms with E-state index in [1.165, 1.54) is 38.6 Å². The van der Waals surface area contributed by atoms with Crippen molar-refractivity contribution in [1.82, 2.24) is 0 Å². The Morgan fingerprint density at radius 1 is 0.438 bits per heavy atom. The summed E-state index contributed by atoms with van der Waals surface area (Å²) < 4.78 is 5.42. The molecule has 0 fully saturated rings. The van der Waals surface area contributed by atoms with Crippen LogP contribution < -0.4 is 4.74 Å². The maximum atomic E-state index is 5.42. The molecule has 1 nitrogen and oxygen atoms in total. The molecule has 5 rings (SSSR count). The molecule has 0 N–H and O–H groups in total. The normalized spacial score (nSPS) is 11.8. The molecule has 1 heteroatoms. The first-order valence-corrected chi connectivity index (χ1v) is 10.8. The summed E-state index contributed by atoms with van der Waals surface area (Å²) in [6.07, 6.45) is 0. The van der Waals surface area contributed by atoms with E-state index in [4.69, 9.17) is 4.74 Å². The number of methoxy groups -OCH3 is 1. The molecular formula is C31H24O. The summed E-state index contributed by atoms with van der Waals surface area (Å²) in [5.74, 6) is 0.855. The van der Waals surface area contributed by atoms with E-state index in [-0.39, 0.29) is 0 Å². The average molecular weight is 413 g/mol. The Balaban J connectivity index is 1.85. The zero-order valence-electron chi connectivity index (χ0n) is 18.0. The van der Waals surface area contributed by atoms with Crippen molar-refractivity contribution >= 4 is 21.9 Å². The molecule has 5 aromatic carbocycles. The topological polar surface area (TPSA) is 9.23 Å². The van der Waals surface area contributed by atoms with Crippen molar-refractivity contribution in [2.24, 2.45) is 0 Å². The maximum absolute atomic E-state index is 5.42. The van der Waals surface area contributed by atoms with Crippen molar-refractivity contribution < 1.29 is 4.74 Å². The molecule has 0 amide bonds. The number of hydrogen-bond acceptors (Lipinski definition) is 1. The first kappa shape index (κ1) is 19.8. The minimum absolute atomic E-state index is 0.855. The van der Waals surface area contributed by atoms with Crippen LogP contribution in [0.2, 0.25) is 0 Å². The van der Waals surface area contributed by atoms with E-state index >= 15 is 0 Å². The lowest BCUT2D eigenvalue weighted by atomic mass is 9.85. The summed E-state index contributed by atoms with van der Waals surface area (Å²) >= 11 is 0. The fraction of sp³-hybridized carbons (Fsp3) is 0.0323. The number of fused-ring (bicyclic) bond motifs is 1. The number of benzene rings is 5. The van der Waals surface area contributed by atoms with Gasteiger partial charge in [0, 0.05) is 0 Å². The third kappa shape index (κ3) is 3.93. The van der Waals surface area contributed by atoms with Crippen molar-refractivity contribution in [2.45, 2.75) is 0 Å². The third-order valence-electron chi connectivity index (χ3n) is 5.79. The first-order valence-electron chi connectivity index (χ1n) is 10.8. The van der Waals surface area contributed by atoms with Gasteiger partial charge in [0.2, 0.25) is 0 Å². The van der Waals surface area contributed by atoms with Crippen LogP contribution in [-0.2, 0) is 0 Å². The molecule has 154 valence electrons. The quantitative estimate of drug-likeness (QED) is 0.267. The molecule has 0 aromatic heterocycles. The first-order chi connectivity index (χ1) is 15.8. The predicted octanol–water partition coefficient (Wildman–Crippen LogP) is 7.86. The SMILES string of the molecule is COc1ccc(/C(=C(/c2ccccc2)c2ccc3ccccc3c2)c2ccccc2)cc1. The molecule has 0 unspecified atom stereocenters. The molecule has 0 aliphatic heterocycles. The van der Waals surface area contributed by atoms with Crippen molar-refractivity contribution in [1.29, 1.82) is 0 Å². The van der Waals surface area contributed by atoms with Gasteiger partial charge in [0.05, 0.1) is 7.11 Å².